The van der Waals surface area contributed by atoms with Crippen LogP contribution in [0, 0.1) is 0 Å². The first kappa shape index (κ1) is 17.8. The van der Waals surface area contributed by atoms with E-state index in [0.29, 0.717) is 29.8 Å². The first-order valence-corrected chi connectivity index (χ1v) is 7.99. The maximum Gasteiger partial charge on any atom is 0.203 e. The fourth-order valence-corrected chi connectivity index (χ4v) is 3.15. The fraction of sp³-hybridized carbons (Fsp3) is 0.647. The van der Waals surface area contributed by atoms with Gasteiger partial charge in [-0.1, -0.05) is 0 Å². The Labute approximate surface area is 139 Å². The number of nitrogens with zero attached hydrogens (tertiary/aromatic N) is 2. The number of ether oxygens (including phenoxy) is 3. The molecular weight excluding hydrogens is 294 g/mol. The van der Waals surface area contributed by atoms with Gasteiger partial charge >= 0.3 is 0 Å². The van der Waals surface area contributed by atoms with E-state index >= 15 is 0 Å². The van der Waals surface area contributed by atoms with Crippen LogP contribution in [0.5, 0.6) is 17.2 Å². The topological polar surface area (TPSA) is 60.2 Å². The molecule has 0 aliphatic carbocycles. The van der Waals surface area contributed by atoms with E-state index < -0.39 is 0 Å². The summed E-state index contributed by atoms with van der Waals surface area (Å²) in [7, 11) is 7.05. The zero-order chi connectivity index (χ0) is 17.0. The minimum absolute atomic E-state index is 0.139. The molecule has 1 aromatic rings. The molecule has 1 aliphatic rings. The van der Waals surface area contributed by atoms with Crippen molar-refractivity contribution in [3.8, 4) is 17.2 Å². The van der Waals surface area contributed by atoms with E-state index in [9.17, 15) is 0 Å². The fourth-order valence-electron chi connectivity index (χ4n) is 3.15. The smallest absolute Gasteiger partial charge is 0.203 e. The monoisotopic (exact) mass is 323 g/mol. The minimum Gasteiger partial charge on any atom is -0.493 e. The number of nitrogens with two attached hydrogens (primary N) is 1. The highest BCUT2D eigenvalue weighted by atomic mass is 16.5. The molecule has 6 heteroatoms. The molecule has 0 spiro atoms. The second-order valence-corrected chi connectivity index (χ2v) is 6.03. The van der Waals surface area contributed by atoms with Crippen molar-refractivity contribution in [1.29, 1.82) is 0 Å². The van der Waals surface area contributed by atoms with Crippen molar-refractivity contribution >= 4 is 0 Å². The number of hydrogen-bond donors (Lipinski definition) is 1. The summed E-state index contributed by atoms with van der Waals surface area (Å²) in [4.78, 5) is 4.81. The second-order valence-electron chi connectivity index (χ2n) is 6.03. The third-order valence-electron chi connectivity index (χ3n) is 4.73. The van der Waals surface area contributed by atoms with Crippen LogP contribution in [0.25, 0.3) is 0 Å². The molecule has 0 aromatic heterocycles. The van der Waals surface area contributed by atoms with Crippen LogP contribution < -0.4 is 19.9 Å². The molecule has 2 N–H and O–H groups in total. The average Bonchev–Trinajstić information content (AvgIpc) is 2.57. The molecule has 6 nitrogen and oxygen atoms in total. The normalized spacial score (nSPS) is 21.0. The summed E-state index contributed by atoms with van der Waals surface area (Å²) >= 11 is 0. The van der Waals surface area contributed by atoms with Crippen molar-refractivity contribution in [2.24, 2.45) is 5.73 Å². The van der Waals surface area contributed by atoms with E-state index in [1.54, 1.807) is 21.3 Å². The third kappa shape index (κ3) is 3.71. The highest BCUT2D eigenvalue weighted by Gasteiger charge is 2.28. The summed E-state index contributed by atoms with van der Waals surface area (Å²) in [6.07, 6.45) is 0. The predicted octanol–water partition coefficient (Wildman–Crippen LogP) is 1.35. The molecule has 1 fully saturated rings. The van der Waals surface area contributed by atoms with Gasteiger partial charge in [0, 0.05) is 38.3 Å². The summed E-state index contributed by atoms with van der Waals surface area (Å²) in [6, 6.07) is 4.66. The molecule has 1 saturated heterocycles. The summed E-state index contributed by atoms with van der Waals surface area (Å²) < 4.78 is 16.3. The van der Waals surface area contributed by atoms with Crippen molar-refractivity contribution < 1.29 is 14.2 Å². The van der Waals surface area contributed by atoms with Crippen LogP contribution in [0.15, 0.2) is 12.1 Å². The van der Waals surface area contributed by atoms with Gasteiger partial charge in [0.15, 0.2) is 11.5 Å². The number of benzene rings is 1. The minimum atomic E-state index is 0.139. The maximum absolute atomic E-state index is 6.10. The summed E-state index contributed by atoms with van der Waals surface area (Å²) in [6.45, 7) is 5.83. The first-order valence-electron chi connectivity index (χ1n) is 7.99. The van der Waals surface area contributed by atoms with E-state index in [1.165, 1.54) is 0 Å². The largest absolute Gasteiger partial charge is 0.493 e. The highest BCUT2D eigenvalue weighted by molar-refractivity contribution is 5.54. The molecule has 1 aliphatic heterocycles. The number of methoxy groups -OCH3 is 3. The van der Waals surface area contributed by atoms with Gasteiger partial charge in [-0.2, -0.15) is 0 Å². The quantitative estimate of drug-likeness (QED) is 0.853. The van der Waals surface area contributed by atoms with E-state index in [4.69, 9.17) is 19.9 Å². The highest BCUT2D eigenvalue weighted by Crippen LogP contribution is 2.40. The van der Waals surface area contributed by atoms with Gasteiger partial charge in [-0.05, 0) is 31.7 Å². The lowest BCUT2D eigenvalue weighted by Crippen LogP contribution is -2.52. The summed E-state index contributed by atoms with van der Waals surface area (Å²) in [5.74, 6) is 1.95. The standard InChI is InChI=1S/C17H29N3O3/c1-12-11-20(7-6-19(12)2)14(10-18)13-8-15(21-3)17(23-5)16(9-13)22-4/h8-9,12,14H,6-7,10-11,18H2,1-5H3. The van der Waals surface area contributed by atoms with Gasteiger partial charge < -0.3 is 24.8 Å². The maximum atomic E-state index is 6.10. The van der Waals surface area contributed by atoms with Crippen molar-refractivity contribution in [3.63, 3.8) is 0 Å². The number of likely N-dealkylation sites (N-methyl/N-ethyl adjacent to an activating group) is 1. The van der Waals surface area contributed by atoms with Crippen LogP contribution in [0.1, 0.15) is 18.5 Å². The Morgan fingerprint density at radius 3 is 2.17 bits per heavy atom. The van der Waals surface area contributed by atoms with Gasteiger partial charge in [-0.3, -0.25) is 4.90 Å². The van der Waals surface area contributed by atoms with E-state index in [0.717, 1.165) is 25.2 Å². The molecular formula is C17H29N3O3. The zero-order valence-electron chi connectivity index (χ0n) is 14.8. The summed E-state index contributed by atoms with van der Waals surface area (Å²) in [5, 5.41) is 0. The Kier molecular flexibility index (Phi) is 6.10. The molecule has 2 unspecified atom stereocenters. The molecule has 0 radical (unpaired) electrons. The average molecular weight is 323 g/mol. The molecule has 0 saturated carbocycles. The van der Waals surface area contributed by atoms with Crippen LogP contribution in [-0.2, 0) is 0 Å². The molecule has 0 amide bonds. The molecule has 1 heterocycles. The van der Waals surface area contributed by atoms with Crippen molar-refractivity contribution in [2.75, 3.05) is 54.6 Å². The Morgan fingerprint density at radius 1 is 1.13 bits per heavy atom. The van der Waals surface area contributed by atoms with Crippen LogP contribution >= 0.6 is 0 Å². The Bertz CT molecular complexity index is 499. The Morgan fingerprint density at radius 2 is 1.74 bits per heavy atom. The lowest BCUT2D eigenvalue weighted by atomic mass is 10.0. The Hall–Kier alpha value is -1.50. The molecule has 23 heavy (non-hydrogen) atoms. The van der Waals surface area contributed by atoms with Gasteiger partial charge in [0.1, 0.15) is 0 Å². The molecule has 1 aromatic carbocycles. The van der Waals surface area contributed by atoms with Gasteiger partial charge in [-0.15, -0.1) is 0 Å². The van der Waals surface area contributed by atoms with Crippen molar-refractivity contribution in [1.82, 2.24) is 9.80 Å². The third-order valence-corrected chi connectivity index (χ3v) is 4.73. The van der Waals surface area contributed by atoms with Gasteiger partial charge in [-0.25, -0.2) is 0 Å². The lowest BCUT2D eigenvalue weighted by Gasteiger charge is -2.41. The predicted molar refractivity (Wildman–Crippen MR) is 91.6 cm³/mol. The number of rotatable bonds is 6. The Balaban J connectivity index is 2.34. The summed E-state index contributed by atoms with van der Waals surface area (Å²) in [5.41, 5.74) is 7.20. The molecule has 130 valence electrons. The van der Waals surface area contributed by atoms with Crippen LogP contribution in [0.2, 0.25) is 0 Å². The van der Waals surface area contributed by atoms with E-state index in [1.807, 2.05) is 12.1 Å². The second kappa shape index (κ2) is 7.86. The van der Waals surface area contributed by atoms with Crippen LogP contribution in [0.3, 0.4) is 0 Å². The van der Waals surface area contributed by atoms with Gasteiger partial charge in [0.05, 0.1) is 21.3 Å². The zero-order valence-corrected chi connectivity index (χ0v) is 14.8. The van der Waals surface area contributed by atoms with Gasteiger partial charge in [0.25, 0.3) is 0 Å². The van der Waals surface area contributed by atoms with Gasteiger partial charge in [0.2, 0.25) is 5.75 Å². The molecule has 2 rings (SSSR count). The van der Waals surface area contributed by atoms with Crippen LogP contribution in [0.4, 0.5) is 0 Å². The van der Waals surface area contributed by atoms with Crippen LogP contribution in [-0.4, -0.2) is 70.4 Å². The van der Waals surface area contributed by atoms with Crippen molar-refractivity contribution in [2.45, 2.75) is 19.0 Å². The number of piperazine rings is 1. The number of hydrogen-bond acceptors (Lipinski definition) is 6. The first-order chi connectivity index (χ1) is 11.0. The van der Waals surface area contributed by atoms with Crippen molar-refractivity contribution in [3.05, 3.63) is 17.7 Å². The molecule has 2 atom stereocenters. The van der Waals surface area contributed by atoms with E-state index in [2.05, 4.69) is 23.8 Å². The molecule has 0 bridgehead atoms. The van der Waals surface area contributed by atoms with E-state index in [-0.39, 0.29) is 6.04 Å². The lowest BCUT2D eigenvalue weighted by molar-refractivity contribution is 0.0739. The SMILES string of the molecule is COc1cc(C(CN)N2CCN(C)C(C)C2)cc(OC)c1OC.